The summed E-state index contributed by atoms with van der Waals surface area (Å²) in [7, 11) is 1.97. The van der Waals surface area contributed by atoms with Crippen molar-refractivity contribution in [1.29, 1.82) is 0 Å². The second-order valence-corrected chi connectivity index (χ2v) is 5.35. The van der Waals surface area contributed by atoms with Crippen LogP contribution >= 0.6 is 0 Å². The zero-order chi connectivity index (χ0) is 13.7. The maximum atomic E-state index is 5.99. The highest BCUT2D eigenvalue weighted by molar-refractivity contribution is 5.38. The van der Waals surface area contributed by atoms with E-state index in [2.05, 4.69) is 37.4 Å². The molecule has 0 spiro atoms. The van der Waals surface area contributed by atoms with Crippen LogP contribution in [-0.2, 0) is 4.74 Å². The van der Waals surface area contributed by atoms with E-state index in [0.717, 1.165) is 18.8 Å². The number of nitrogens with one attached hydrogen (secondary N) is 1. The Kier molecular flexibility index (Phi) is 5.23. The van der Waals surface area contributed by atoms with E-state index in [4.69, 9.17) is 9.47 Å². The van der Waals surface area contributed by atoms with Crippen LogP contribution in [-0.4, -0.2) is 26.4 Å². The third kappa shape index (κ3) is 3.95. The number of hydrogen-bond donors (Lipinski definition) is 1. The molecular weight excluding hydrogens is 238 g/mol. The fourth-order valence-electron chi connectivity index (χ4n) is 2.41. The molecule has 1 aliphatic heterocycles. The van der Waals surface area contributed by atoms with E-state index in [1.54, 1.807) is 0 Å². The van der Waals surface area contributed by atoms with Gasteiger partial charge in [-0.25, -0.2) is 0 Å². The van der Waals surface area contributed by atoms with Crippen molar-refractivity contribution < 1.29 is 9.47 Å². The summed E-state index contributed by atoms with van der Waals surface area (Å²) in [6.07, 6.45) is 3.81. The Morgan fingerprint density at radius 3 is 2.95 bits per heavy atom. The molecule has 1 saturated heterocycles. The monoisotopic (exact) mass is 263 g/mol. The molecular formula is C16H25NO2. The molecule has 1 aliphatic rings. The lowest BCUT2D eigenvalue weighted by atomic mass is 10.0. The molecule has 2 atom stereocenters. The van der Waals surface area contributed by atoms with Gasteiger partial charge < -0.3 is 14.8 Å². The Morgan fingerprint density at radius 2 is 2.26 bits per heavy atom. The van der Waals surface area contributed by atoms with Gasteiger partial charge in [-0.3, -0.25) is 0 Å². The van der Waals surface area contributed by atoms with Gasteiger partial charge in [0.25, 0.3) is 0 Å². The molecule has 0 bridgehead atoms. The van der Waals surface area contributed by atoms with Gasteiger partial charge in [0.1, 0.15) is 12.4 Å². The van der Waals surface area contributed by atoms with Crippen molar-refractivity contribution in [2.45, 2.75) is 45.3 Å². The summed E-state index contributed by atoms with van der Waals surface area (Å²) in [4.78, 5) is 0. The normalized spacial score (nSPS) is 21.1. The maximum Gasteiger partial charge on any atom is 0.124 e. The van der Waals surface area contributed by atoms with Gasteiger partial charge in [0.2, 0.25) is 0 Å². The van der Waals surface area contributed by atoms with E-state index in [0.29, 0.717) is 12.6 Å². The van der Waals surface area contributed by atoms with Crippen LogP contribution in [0.2, 0.25) is 0 Å². The predicted molar refractivity (Wildman–Crippen MR) is 77.7 cm³/mol. The molecule has 0 radical (unpaired) electrons. The second-order valence-electron chi connectivity index (χ2n) is 5.35. The Hall–Kier alpha value is -1.06. The average molecular weight is 263 g/mol. The van der Waals surface area contributed by atoms with E-state index in [1.165, 1.54) is 24.0 Å². The Morgan fingerprint density at radius 1 is 1.42 bits per heavy atom. The Bertz CT molecular complexity index is 400. The van der Waals surface area contributed by atoms with Crippen LogP contribution in [0.15, 0.2) is 18.2 Å². The lowest BCUT2D eigenvalue weighted by Crippen LogP contribution is -2.26. The third-order valence-corrected chi connectivity index (χ3v) is 3.76. The van der Waals surface area contributed by atoms with E-state index in [-0.39, 0.29) is 6.10 Å². The smallest absolute Gasteiger partial charge is 0.124 e. The van der Waals surface area contributed by atoms with Gasteiger partial charge in [-0.05, 0) is 46.2 Å². The number of benzene rings is 1. The van der Waals surface area contributed by atoms with Gasteiger partial charge in [0.15, 0.2) is 0 Å². The SMILES string of the molecule is CNC(C)c1cc(C)ccc1OCC1CCCCO1. The zero-order valence-corrected chi connectivity index (χ0v) is 12.2. The van der Waals surface area contributed by atoms with Crippen molar-refractivity contribution in [2.75, 3.05) is 20.3 Å². The van der Waals surface area contributed by atoms with Crippen molar-refractivity contribution in [1.82, 2.24) is 5.32 Å². The predicted octanol–water partition coefficient (Wildman–Crippen LogP) is 3.22. The minimum atomic E-state index is 0.257. The Balaban J connectivity index is 2.02. The first kappa shape index (κ1) is 14.4. The van der Waals surface area contributed by atoms with Gasteiger partial charge in [0, 0.05) is 18.2 Å². The number of rotatable bonds is 5. The molecule has 1 aromatic rings. The Labute approximate surface area is 116 Å². The number of aryl methyl sites for hydroxylation is 1. The van der Waals surface area contributed by atoms with Crippen molar-refractivity contribution in [2.24, 2.45) is 0 Å². The fraction of sp³-hybridized carbons (Fsp3) is 0.625. The molecule has 0 amide bonds. The first-order chi connectivity index (χ1) is 9.20. The van der Waals surface area contributed by atoms with Gasteiger partial charge in [-0.2, -0.15) is 0 Å². The van der Waals surface area contributed by atoms with Crippen LogP contribution in [0.5, 0.6) is 5.75 Å². The summed E-state index contributed by atoms with van der Waals surface area (Å²) >= 11 is 0. The van der Waals surface area contributed by atoms with Crippen LogP contribution in [0.3, 0.4) is 0 Å². The molecule has 0 saturated carbocycles. The lowest BCUT2D eigenvalue weighted by molar-refractivity contribution is -0.0113. The van der Waals surface area contributed by atoms with E-state index in [1.807, 2.05) is 7.05 Å². The molecule has 2 rings (SSSR count). The molecule has 0 aliphatic carbocycles. The van der Waals surface area contributed by atoms with Gasteiger partial charge in [-0.1, -0.05) is 17.7 Å². The maximum absolute atomic E-state index is 5.99. The molecule has 106 valence electrons. The van der Waals surface area contributed by atoms with Crippen LogP contribution in [0.25, 0.3) is 0 Å². The molecule has 19 heavy (non-hydrogen) atoms. The minimum absolute atomic E-state index is 0.257. The largest absolute Gasteiger partial charge is 0.491 e. The summed E-state index contributed by atoms with van der Waals surface area (Å²) in [5.41, 5.74) is 2.48. The minimum Gasteiger partial charge on any atom is -0.491 e. The molecule has 1 fully saturated rings. The number of ether oxygens (including phenoxy) is 2. The van der Waals surface area contributed by atoms with Crippen LogP contribution in [0.1, 0.15) is 43.4 Å². The molecule has 1 aromatic carbocycles. The van der Waals surface area contributed by atoms with Gasteiger partial charge >= 0.3 is 0 Å². The summed E-state index contributed by atoms with van der Waals surface area (Å²) in [6, 6.07) is 6.66. The van der Waals surface area contributed by atoms with E-state index < -0.39 is 0 Å². The van der Waals surface area contributed by atoms with Crippen molar-refractivity contribution in [3.05, 3.63) is 29.3 Å². The lowest BCUT2D eigenvalue weighted by Gasteiger charge is -2.24. The quantitative estimate of drug-likeness (QED) is 0.884. The summed E-state index contributed by atoms with van der Waals surface area (Å²) in [5.74, 6) is 0.974. The van der Waals surface area contributed by atoms with Crippen molar-refractivity contribution >= 4 is 0 Å². The molecule has 0 aromatic heterocycles. The highest BCUT2D eigenvalue weighted by Crippen LogP contribution is 2.27. The second kappa shape index (κ2) is 6.92. The average Bonchev–Trinajstić information content (AvgIpc) is 2.46. The fourth-order valence-corrected chi connectivity index (χ4v) is 2.41. The van der Waals surface area contributed by atoms with Crippen LogP contribution < -0.4 is 10.1 Å². The van der Waals surface area contributed by atoms with Gasteiger partial charge in [-0.15, -0.1) is 0 Å². The molecule has 1 N–H and O–H groups in total. The highest BCUT2D eigenvalue weighted by Gasteiger charge is 2.16. The molecule has 1 heterocycles. The van der Waals surface area contributed by atoms with Crippen molar-refractivity contribution in [3.8, 4) is 5.75 Å². The first-order valence-corrected chi connectivity index (χ1v) is 7.23. The van der Waals surface area contributed by atoms with Crippen molar-refractivity contribution in [3.63, 3.8) is 0 Å². The van der Waals surface area contributed by atoms with E-state index >= 15 is 0 Å². The third-order valence-electron chi connectivity index (χ3n) is 3.76. The standard InChI is InChI=1S/C16H25NO2/c1-12-7-8-16(15(10-12)13(2)17-3)19-11-14-6-4-5-9-18-14/h7-8,10,13-14,17H,4-6,9,11H2,1-3H3. The highest BCUT2D eigenvalue weighted by atomic mass is 16.5. The summed E-state index contributed by atoms with van der Waals surface area (Å²) in [5, 5.41) is 3.28. The summed E-state index contributed by atoms with van der Waals surface area (Å²) < 4.78 is 11.7. The topological polar surface area (TPSA) is 30.5 Å². The van der Waals surface area contributed by atoms with Crippen LogP contribution in [0.4, 0.5) is 0 Å². The molecule has 3 heteroatoms. The molecule has 3 nitrogen and oxygen atoms in total. The zero-order valence-electron chi connectivity index (χ0n) is 12.2. The van der Waals surface area contributed by atoms with E-state index in [9.17, 15) is 0 Å². The molecule has 2 unspecified atom stereocenters. The first-order valence-electron chi connectivity index (χ1n) is 7.23. The van der Waals surface area contributed by atoms with Gasteiger partial charge in [0.05, 0.1) is 6.10 Å². The number of hydrogen-bond acceptors (Lipinski definition) is 3. The summed E-state index contributed by atoms with van der Waals surface area (Å²) in [6.45, 7) is 5.80. The van der Waals surface area contributed by atoms with Crippen LogP contribution in [0, 0.1) is 6.92 Å².